The Morgan fingerprint density at radius 3 is 2.67 bits per heavy atom. The molecule has 1 heterocycles. The monoisotopic (exact) mass is 214 g/mol. The summed E-state index contributed by atoms with van der Waals surface area (Å²) in [5.41, 5.74) is 0. The van der Waals surface area contributed by atoms with E-state index in [2.05, 4.69) is 5.32 Å². The van der Waals surface area contributed by atoms with E-state index >= 15 is 0 Å². The molecule has 0 aliphatic carbocycles. The van der Waals surface area contributed by atoms with Gasteiger partial charge in [0.2, 0.25) is 11.8 Å². The summed E-state index contributed by atoms with van der Waals surface area (Å²) in [6, 6.07) is -0.545. The molecular weight excluding hydrogens is 200 g/mol. The summed E-state index contributed by atoms with van der Waals surface area (Å²) in [7, 11) is 0. The summed E-state index contributed by atoms with van der Waals surface area (Å²) in [6.07, 6.45) is 0.787. The minimum absolute atomic E-state index is 0.153. The SMILES string of the molecule is CCN(CC(=O)O)C(=O)[C@@H]1CCC(=O)N1. The van der Waals surface area contributed by atoms with Crippen molar-refractivity contribution in [1.82, 2.24) is 10.2 Å². The van der Waals surface area contributed by atoms with Gasteiger partial charge in [0, 0.05) is 13.0 Å². The fraction of sp³-hybridized carbons (Fsp3) is 0.667. The van der Waals surface area contributed by atoms with E-state index in [1.54, 1.807) is 6.92 Å². The molecule has 0 aromatic carbocycles. The molecular formula is C9H14N2O4. The number of likely N-dealkylation sites (N-methyl/N-ethyl adjacent to an activating group) is 1. The number of hydrogen-bond donors (Lipinski definition) is 2. The lowest BCUT2D eigenvalue weighted by molar-refractivity contribution is -0.145. The van der Waals surface area contributed by atoms with Crippen LogP contribution in [-0.2, 0) is 14.4 Å². The normalized spacial score (nSPS) is 19.8. The van der Waals surface area contributed by atoms with Gasteiger partial charge in [-0.3, -0.25) is 14.4 Å². The Balaban J connectivity index is 2.56. The van der Waals surface area contributed by atoms with Gasteiger partial charge in [-0.25, -0.2) is 0 Å². The first-order valence-electron chi connectivity index (χ1n) is 4.84. The third-order valence-corrected chi connectivity index (χ3v) is 2.31. The van der Waals surface area contributed by atoms with E-state index in [1.165, 1.54) is 4.90 Å². The van der Waals surface area contributed by atoms with Gasteiger partial charge >= 0.3 is 5.97 Å². The maximum absolute atomic E-state index is 11.7. The summed E-state index contributed by atoms with van der Waals surface area (Å²) in [6.45, 7) is 1.72. The summed E-state index contributed by atoms with van der Waals surface area (Å²) in [4.78, 5) is 34.3. The Bertz CT molecular complexity index is 290. The summed E-state index contributed by atoms with van der Waals surface area (Å²) < 4.78 is 0. The quantitative estimate of drug-likeness (QED) is 0.641. The van der Waals surface area contributed by atoms with Crippen molar-refractivity contribution in [1.29, 1.82) is 0 Å². The van der Waals surface area contributed by atoms with Gasteiger partial charge in [-0.2, -0.15) is 0 Å². The van der Waals surface area contributed by atoms with E-state index in [9.17, 15) is 14.4 Å². The Kier molecular flexibility index (Phi) is 3.65. The Morgan fingerprint density at radius 2 is 2.27 bits per heavy atom. The zero-order chi connectivity index (χ0) is 11.4. The second kappa shape index (κ2) is 4.77. The minimum atomic E-state index is -1.05. The highest BCUT2D eigenvalue weighted by molar-refractivity contribution is 5.92. The average Bonchev–Trinajstić information content (AvgIpc) is 2.60. The van der Waals surface area contributed by atoms with Crippen molar-refractivity contribution in [2.24, 2.45) is 0 Å². The predicted octanol–water partition coefficient (Wildman–Crippen LogP) is -0.802. The van der Waals surface area contributed by atoms with E-state index in [0.29, 0.717) is 19.4 Å². The van der Waals surface area contributed by atoms with Crippen LogP contribution in [0, 0.1) is 0 Å². The van der Waals surface area contributed by atoms with Crippen LogP contribution in [0.25, 0.3) is 0 Å². The van der Waals surface area contributed by atoms with Gasteiger partial charge in [-0.15, -0.1) is 0 Å². The number of aliphatic carboxylic acids is 1. The number of carbonyl (C=O) groups is 3. The van der Waals surface area contributed by atoms with Crippen LogP contribution < -0.4 is 5.32 Å². The van der Waals surface area contributed by atoms with Crippen LogP contribution in [0.2, 0.25) is 0 Å². The standard InChI is InChI=1S/C9H14N2O4/c1-2-11(5-8(13)14)9(15)6-3-4-7(12)10-6/h6H,2-5H2,1H3,(H,10,12)(H,13,14)/t6-/m0/s1. The molecule has 0 bridgehead atoms. The second-order valence-electron chi connectivity index (χ2n) is 3.40. The van der Waals surface area contributed by atoms with Crippen molar-refractivity contribution in [3.63, 3.8) is 0 Å². The molecule has 84 valence electrons. The van der Waals surface area contributed by atoms with E-state index < -0.39 is 12.0 Å². The highest BCUT2D eigenvalue weighted by Crippen LogP contribution is 2.09. The number of hydrogen-bond acceptors (Lipinski definition) is 3. The molecule has 0 radical (unpaired) electrons. The van der Waals surface area contributed by atoms with Crippen molar-refractivity contribution in [2.75, 3.05) is 13.1 Å². The van der Waals surface area contributed by atoms with Crippen molar-refractivity contribution in [3.8, 4) is 0 Å². The second-order valence-corrected chi connectivity index (χ2v) is 3.40. The average molecular weight is 214 g/mol. The molecule has 0 saturated carbocycles. The topological polar surface area (TPSA) is 86.7 Å². The third kappa shape index (κ3) is 2.93. The largest absolute Gasteiger partial charge is 0.480 e. The first kappa shape index (κ1) is 11.5. The highest BCUT2D eigenvalue weighted by atomic mass is 16.4. The van der Waals surface area contributed by atoms with Crippen molar-refractivity contribution in [3.05, 3.63) is 0 Å². The van der Waals surface area contributed by atoms with E-state index in [4.69, 9.17) is 5.11 Å². The Hall–Kier alpha value is -1.59. The number of carboxylic acids is 1. The van der Waals surface area contributed by atoms with Crippen LogP contribution >= 0.6 is 0 Å². The summed E-state index contributed by atoms with van der Waals surface area (Å²) in [5, 5.41) is 11.1. The van der Waals surface area contributed by atoms with Gasteiger partial charge < -0.3 is 15.3 Å². The number of carboxylic acid groups (broad SMARTS) is 1. The summed E-state index contributed by atoms with van der Waals surface area (Å²) in [5.74, 6) is -1.51. The predicted molar refractivity (Wildman–Crippen MR) is 51.1 cm³/mol. The molecule has 6 heteroatoms. The smallest absolute Gasteiger partial charge is 0.323 e. The maximum Gasteiger partial charge on any atom is 0.323 e. The van der Waals surface area contributed by atoms with Crippen molar-refractivity contribution < 1.29 is 19.5 Å². The molecule has 6 nitrogen and oxygen atoms in total. The number of amides is 2. The van der Waals surface area contributed by atoms with Gasteiger partial charge in [-0.05, 0) is 13.3 Å². The lowest BCUT2D eigenvalue weighted by Crippen LogP contribution is -2.46. The van der Waals surface area contributed by atoms with Crippen LogP contribution in [-0.4, -0.2) is 46.9 Å². The van der Waals surface area contributed by atoms with Crippen LogP contribution in [0.1, 0.15) is 19.8 Å². The van der Waals surface area contributed by atoms with Crippen molar-refractivity contribution >= 4 is 17.8 Å². The fourth-order valence-corrected chi connectivity index (χ4v) is 1.53. The molecule has 0 aromatic heterocycles. The maximum atomic E-state index is 11.7. The molecule has 1 fully saturated rings. The number of carbonyl (C=O) groups excluding carboxylic acids is 2. The number of rotatable bonds is 4. The number of nitrogens with zero attached hydrogens (tertiary/aromatic N) is 1. The number of nitrogens with one attached hydrogen (secondary N) is 1. The van der Waals surface area contributed by atoms with Gasteiger partial charge in [0.25, 0.3) is 0 Å². The van der Waals surface area contributed by atoms with Gasteiger partial charge in [0.15, 0.2) is 0 Å². The highest BCUT2D eigenvalue weighted by Gasteiger charge is 2.30. The van der Waals surface area contributed by atoms with Crippen LogP contribution in [0.15, 0.2) is 0 Å². The molecule has 1 aliphatic rings. The van der Waals surface area contributed by atoms with E-state index in [1.807, 2.05) is 0 Å². The Labute approximate surface area is 87.2 Å². The molecule has 2 N–H and O–H groups in total. The van der Waals surface area contributed by atoms with Crippen LogP contribution in [0.3, 0.4) is 0 Å². The van der Waals surface area contributed by atoms with Crippen LogP contribution in [0.4, 0.5) is 0 Å². The molecule has 2 amide bonds. The van der Waals surface area contributed by atoms with Gasteiger partial charge in [-0.1, -0.05) is 0 Å². The van der Waals surface area contributed by atoms with E-state index in [-0.39, 0.29) is 18.4 Å². The minimum Gasteiger partial charge on any atom is -0.480 e. The van der Waals surface area contributed by atoms with Crippen LogP contribution in [0.5, 0.6) is 0 Å². The molecule has 0 aromatic rings. The third-order valence-electron chi connectivity index (χ3n) is 2.31. The van der Waals surface area contributed by atoms with E-state index in [0.717, 1.165) is 0 Å². The molecule has 1 rings (SSSR count). The zero-order valence-electron chi connectivity index (χ0n) is 8.52. The first-order valence-corrected chi connectivity index (χ1v) is 4.84. The zero-order valence-corrected chi connectivity index (χ0v) is 8.52. The molecule has 0 spiro atoms. The van der Waals surface area contributed by atoms with Gasteiger partial charge in [0.1, 0.15) is 12.6 Å². The fourth-order valence-electron chi connectivity index (χ4n) is 1.53. The lowest BCUT2D eigenvalue weighted by Gasteiger charge is -2.21. The molecule has 1 atom stereocenters. The molecule has 15 heavy (non-hydrogen) atoms. The molecule has 1 saturated heterocycles. The molecule has 0 unspecified atom stereocenters. The molecule has 1 aliphatic heterocycles. The lowest BCUT2D eigenvalue weighted by atomic mass is 10.2. The summed E-state index contributed by atoms with van der Waals surface area (Å²) >= 11 is 0. The first-order chi connectivity index (χ1) is 7.04. The van der Waals surface area contributed by atoms with Gasteiger partial charge in [0.05, 0.1) is 0 Å². The Morgan fingerprint density at radius 1 is 1.60 bits per heavy atom. The van der Waals surface area contributed by atoms with Crippen molar-refractivity contribution in [2.45, 2.75) is 25.8 Å².